The van der Waals surface area contributed by atoms with E-state index in [0.29, 0.717) is 33.2 Å². The molecule has 2 aromatic heterocycles. The van der Waals surface area contributed by atoms with Crippen LogP contribution in [0.1, 0.15) is 54.1 Å². The van der Waals surface area contributed by atoms with Crippen molar-refractivity contribution in [2.75, 3.05) is 17.7 Å². The number of aromatic nitrogens is 2. The maximum absolute atomic E-state index is 13.0. The molecule has 0 bridgehead atoms. The second-order valence-corrected chi connectivity index (χ2v) is 11.1. The number of hydrogen-bond donors (Lipinski definition) is 2. The molecule has 0 atom stereocenters. The molecule has 0 fully saturated rings. The molecular weight excluding hydrogens is 518 g/mol. The molecule has 2 N–H and O–H groups in total. The zero-order valence-corrected chi connectivity index (χ0v) is 22.8. The molecule has 9 heteroatoms. The molecule has 1 aliphatic carbocycles. The predicted molar refractivity (Wildman–Crippen MR) is 153 cm³/mol. The highest BCUT2D eigenvalue weighted by Gasteiger charge is 2.17. The number of nitrogens with zero attached hydrogens (tertiary/aromatic N) is 1. The van der Waals surface area contributed by atoms with E-state index in [9.17, 15) is 14.4 Å². The van der Waals surface area contributed by atoms with E-state index in [1.54, 1.807) is 24.3 Å². The summed E-state index contributed by atoms with van der Waals surface area (Å²) in [6.45, 7) is 2.40. The molecule has 0 radical (unpaired) electrons. The number of unbranched alkanes of at least 4 members (excludes halogenated alkanes) is 1. The number of carbonyl (C=O) groups is 2. The number of aryl methyl sites for hydroxylation is 2. The van der Waals surface area contributed by atoms with Gasteiger partial charge in [-0.15, -0.1) is 11.3 Å². The number of H-pyrrole nitrogens is 1. The first-order valence-electron chi connectivity index (χ1n) is 12.9. The number of aromatic amines is 1. The number of carbonyl (C=O) groups excluding carboxylic acids is 2. The van der Waals surface area contributed by atoms with E-state index in [4.69, 9.17) is 4.74 Å². The number of benzene rings is 2. The maximum atomic E-state index is 13.0. The van der Waals surface area contributed by atoms with Crippen molar-refractivity contribution in [3.05, 3.63) is 74.9 Å². The van der Waals surface area contributed by atoms with E-state index in [0.717, 1.165) is 48.6 Å². The van der Waals surface area contributed by atoms with Crippen LogP contribution in [0.2, 0.25) is 0 Å². The van der Waals surface area contributed by atoms with Crippen molar-refractivity contribution >= 4 is 50.9 Å². The third kappa shape index (κ3) is 6.00. The zero-order chi connectivity index (χ0) is 26.5. The molecule has 0 unspecified atom stereocenters. The first-order chi connectivity index (χ1) is 18.5. The van der Waals surface area contributed by atoms with E-state index in [1.807, 2.05) is 12.3 Å². The minimum absolute atomic E-state index is 0.0582. The second kappa shape index (κ2) is 12.0. The molecule has 1 aliphatic rings. The minimum Gasteiger partial charge on any atom is -0.462 e. The summed E-state index contributed by atoms with van der Waals surface area (Å²) in [5, 5.41) is 5.76. The second-order valence-electron chi connectivity index (χ2n) is 9.30. The van der Waals surface area contributed by atoms with Crippen LogP contribution in [0.3, 0.4) is 0 Å². The molecule has 4 aromatic rings. The summed E-state index contributed by atoms with van der Waals surface area (Å²) >= 11 is 2.59. The van der Waals surface area contributed by atoms with Crippen molar-refractivity contribution in [2.45, 2.75) is 50.6 Å². The Morgan fingerprint density at radius 1 is 1.13 bits per heavy atom. The Morgan fingerprint density at radius 2 is 1.97 bits per heavy atom. The van der Waals surface area contributed by atoms with Gasteiger partial charge in [-0.1, -0.05) is 49.4 Å². The summed E-state index contributed by atoms with van der Waals surface area (Å²) < 4.78 is 5.24. The van der Waals surface area contributed by atoms with E-state index >= 15 is 0 Å². The monoisotopic (exact) mass is 547 g/mol. The summed E-state index contributed by atoms with van der Waals surface area (Å²) in [5.74, 6) is -0.622. The topological polar surface area (TPSA) is 101 Å². The van der Waals surface area contributed by atoms with Gasteiger partial charge in [-0.05, 0) is 67.0 Å². The largest absolute Gasteiger partial charge is 0.462 e. The van der Waals surface area contributed by atoms with Crippen molar-refractivity contribution < 1.29 is 14.3 Å². The summed E-state index contributed by atoms with van der Waals surface area (Å²) in [5.41, 5.74) is 5.40. The molecule has 2 aromatic carbocycles. The molecule has 196 valence electrons. The summed E-state index contributed by atoms with van der Waals surface area (Å²) in [4.78, 5) is 45.9. The number of rotatable bonds is 9. The van der Waals surface area contributed by atoms with Crippen LogP contribution in [0.4, 0.5) is 5.69 Å². The molecule has 5 rings (SSSR count). The van der Waals surface area contributed by atoms with Gasteiger partial charge in [0, 0.05) is 16.6 Å². The van der Waals surface area contributed by atoms with Crippen LogP contribution in [-0.4, -0.2) is 34.2 Å². The number of thioether (sulfide) groups is 1. The van der Waals surface area contributed by atoms with Gasteiger partial charge in [0.15, 0.2) is 5.16 Å². The normalized spacial score (nSPS) is 12.8. The van der Waals surface area contributed by atoms with Crippen LogP contribution in [0.5, 0.6) is 0 Å². The Bertz CT molecular complexity index is 1540. The fraction of sp³-hybridized carbons (Fsp3) is 0.310. The van der Waals surface area contributed by atoms with E-state index in [-0.39, 0.29) is 17.2 Å². The van der Waals surface area contributed by atoms with Gasteiger partial charge < -0.3 is 15.0 Å². The fourth-order valence-corrected chi connectivity index (χ4v) is 6.22. The predicted octanol–water partition coefficient (Wildman–Crippen LogP) is 6.22. The number of esters is 1. The molecule has 0 saturated carbocycles. The van der Waals surface area contributed by atoms with Crippen molar-refractivity contribution in [3.8, 4) is 11.1 Å². The minimum atomic E-state index is -0.412. The van der Waals surface area contributed by atoms with Gasteiger partial charge in [-0.25, -0.2) is 9.78 Å². The maximum Gasteiger partial charge on any atom is 0.338 e. The number of amides is 1. The van der Waals surface area contributed by atoms with Gasteiger partial charge in [-0.2, -0.15) is 0 Å². The quantitative estimate of drug-likeness (QED) is 0.112. The van der Waals surface area contributed by atoms with Crippen LogP contribution < -0.4 is 10.9 Å². The lowest BCUT2D eigenvalue weighted by molar-refractivity contribution is -0.113. The van der Waals surface area contributed by atoms with Crippen LogP contribution >= 0.6 is 23.1 Å². The number of nitrogens with one attached hydrogen (secondary N) is 2. The van der Waals surface area contributed by atoms with Gasteiger partial charge in [0.2, 0.25) is 5.91 Å². The van der Waals surface area contributed by atoms with Crippen LogP contribution in [0, 0.1) is 0 Å². The highest BCUT2D eigenvalue weighted by Crippen LogP contribution is 2.34. The average Bonchev–Trinajstić information content (AvgIpc) is 3.36. The van der Waals surface area contributed by atoms with Gasteiger partial charge in [0.25, 0.3) is 5.56 Å². The van der Waals surface area contributed by atoms with E-state index < -0.39 is 5.97 Å². The Morgan fingerprint density at radius 3 is 2.82 bits per heavy atom. The van der Waals surface area contributed by atoms with Crippen molar-refractivity contribution in [1.82, 2.24) is 9.97 Å². The Hall–Kier alpha value is -3.43. The molecule has 2 heterocycles. The molecule has 7 nitrogen and oxygen atoms in total. The van der Waals surface area contributed by atoms with E-state index in [2.05, 4.69) is 33.5 Å². The number of fused-ring (bicyclic) bond motifs is 2. The zero-order valence-electron chi connectivity index (χ0n) is 21.2. The van der Waals surface area contributed by atoms with Gasteiger partial charge in [-0.3, -0.25) is 9.59 Å². The average molecular weight is 548 g/mol. The Balaban J connectivity index is 1.24. The molecule has 38 heavy (non-hydrogen) atoms. The van der Waals surface area contributed by atoms with Crippen LogP contribution in [0.25, 0.3) is 21.3 Å². The van der Waals surface area contributed by atoms with Crippen LogP contribution in [0.15, 0.2) is 57.8 Å². The number of ether oxygens (including phenoxy) is 1. The lowest BCUT2D eigenvalue weighted by Crippen LogP contribution is -2.16. The Labute approximate surface area is 229 Å². The molecular formula is C29H29N3O4S2. The first-order valence-corrected chi connectivity index (χ1v) is 14.7. The van der Waals surface area contributed by atoms with Gasteiger partial charge >= 0.3 is 5.97 Å². The lowest BCUT2D eigenvalue weighted by Gasteiger charge is -2.16. The van der Waals surface area contributed by atoms with Crippen molar-refractivity contribution in [1.29, 1.82) is 0 Å². The van der Waals surface area contributed by atoms with Crippen molar-refractivity contribution in [3.63, 3.8) is 0 Å². The van der Waals surface area contributed by atoms with Crippen LogP contribution in [-0.2, 0) is 22.4 Å². The third-order valence-electron chi connectivity index (χ3n) is 6.53. The molecule has 1 amide bonds. The number of thiophene rings is 1. The third-order valence-corrected chi connectivity index (χ3v) is 8.28. The summed E-state index contributed by atoms with van der Waals surface area (Å²) in [7, 11) is 0. The fourth-order valence-electron chi connectivity index (χ4n) is 4.56. The molecule has 0 saturated heterocycles. The standard InChI is InChI=1S/C29H29N3O4S2/c1-2-3-13-36-28(35)21-9-6-10-22(15-21)30-24(33)17-38-29-31-26(34)25-23(16-37-27(25)32-29)20-12-11-18-7-4-5-8-19(18)14-20/h6,9-12,14-16H,2-5,7-8,13,17H2,1H3,(H,30,33)(H,31,32,34). The molecule has 0 aliphatic heterocycles. The highest BCUT2D eigenvalue weighted by atomic mass is 32.2. The molecule has 0 spiro atoms. The first kappa shape index (κ1) is 26.2. The Kier molecular flexibility index (Phi) is 8.24. The van der Waals surface area contributed by atoms with Gasteiger partial charge in [0.05, 0.1) is 23.3 Å². The summed E-state index contributed by atoms with van der Waals surface area (Å²) in [6, 6.07) is 13.1. The summed E-state index contributed by atoms with van der Waals surface area (Å²) in [6.07, 6.45) is 6.38. The smallest absolute Gasteiger partial charge is 0.338 e. The van der Waals surface area contributed by atoms with E-state index in [1.165, 1.54) is 35.3 Å². The number of anilines is 1. The SMILES string of the molecule is CCCCOC(=O)c1cccc(NC(=O)CSc2nc3scc(-c4ccc5c(c4)CCCC5)c3c(=O)[nH]2)c1. The van der Waals surface area contributed by atoms with Gasteiger partial charge in [0.1, 0.15) is 4.83 Å². The van der Waals surface area contributed by atoms with Crippen molar-refractivity contribution in [2.24, 2.45) is 0 Å². The number of hydrogen-bond acceptors (Lipinski definition) is 7. The highest BCUT2D eigenvalue weighted by molar-refractivity contribution is 7.99. The lowest BCUT2D eigenvalue weighted by atomic mass is 9.89.